The zero-order chi connectivity index (χ0) is 17.1. The first-order chi connectivity index (χ1) is 9.94. The Hall–Kier alpha value is -1.96. The number of anilines is 1. The third-order valence-corrected chi connectivity index (χ3v) is 2.57. The normalized spacial score (nSPS) is 13.5. The fourth-order valence-corrected chi connectivity index (χ4v) is 1.61. The summed E-state index contributed by atoms with van der Waals surface area (Å²) >= 11 is 0. The van der Waals surface area contributed by atoms with E-state index in [0.29, 0.717) is 0 Å². The number of amides is 1. The molecule has 1 amide bonds. The molecule has 0 aliphatic carbocycles. The van der Waals surface area contributed by atoms with Crippen LogP contribution in [0.15, 0.2) is 18.2 Å². The standard InChI is InChI=1S/C14H19F3N2O3/c1-13(2,3)22-12(20)19-9-6-5-8(7-10(9)21-4)11(18)14(15,16)17/h5-7,11H,18H2,1-4H3,(H,19,20). The Kier molecular flexibility index (Phi) is 5.29. The van der Waals surface area contributed by atoms with Crippen molar-refractivity contribution in [1.29, 1.82) is 0 Å². The van der Waals surface area contributed by atoms with Crippen LogP contribution in [0.3, 0.4) is 0 Å². The highest BCUT2D eigenvalue weighted by molar-refractivity contribution is 5.87. The van der Waals surface area contributed by atoms with Crippen LogP contribution in [-0.4, -0.2) is 25.0 Å². The van der Waals surface area contributed by atoms with Crippen molar-refractivity contribution in [1.82, 2.24) is 0 Å². The summed E-state index contributed by atoms with van der Waals surface area (Å²) in [5.74, 6) is 0.0584. The number of ether oxygens (including phenoxy) is 2. The van der Waals surface area contributed by atoms with Crippen molar-refractivity contribution in [2.24, 2.45) is 5.73 Å². The molecule has 0 saturated carbocycles. The molecule has 0 aliphatic heterocycles. The number of nitrogens with one attached hydrogen (secondary N) is 1. The second kappa shape index (κ2) is 6.43. The van der Waals surface area contributed by atoms with Crippen molar-refractivity contribution in [3.63, 3.8) is 0 Å². The Morgan fingerprint density at radius 3 is 2.32 bits per heavy atom. The molecule has 1 aromatic rings. The van der Waals surface area contributed by atoms with E-state index in [4.69, 9.17) is 15.2 Å². The fraction of sp³-hybridized carbons (Fsp3) is 0.500. The van der Waals surface area contributed by atoms with E-state index >= 15 is 0 Å². The molecule has 0 spiro atoms. The first kappa shape index (κ1) is 18.1. The van der Waals surface area contributed by atoms with E-state index in [1.807, 2.05) is 0 Å². The highest BCUT2D eigenvalue weighted by Gasteiger charge is 2.38. The lowest BCUT2D eigenvalue weighted by molar-refractivity contribution is -0.149. The minimum absolute atomic E-state index is 0.0584. The maximum atomic E-state index is 12.6. The Bertz CT molecular complexity index is 539. The van der Waals surface area contributed by atoms with Crippen LogP contribution in [-0.2, 0) is 4.74 Å². The average Bonchev–Trinajstić information content (AvgIpc) is 2.35. The molecule has 0 bridgehead atoms. The summed E-state index contributed by atoms with van der Waals surface area (Å²) in [5, 5.41) is 2.41. The SMILES string of the molecule is COc1cc(C(N)C(F)(F)F)ccc1NC(=O)OC(C)(C)C. The Morgan fingerprint density at radius 2 is 1.86 bits per heavy atom. The smallest absolute Gasteiger partial charge is 0.412 e. The van der Waals surface area contributed by atoms with Crippen LogP contribution >= 0.6 is 0 Å². The molecule has 1 rings (SSSR count). The van der Waals surface area contributed by atoms with Crippen LogP contribution in [0.5, 0.6) is 5.75 Å². The number of methoxy groups -OCH3 is 1. The Morgan fingerprint density at radius 1 is 1.27 bits per heavy atom. The van der Waals surface area contributed by atoms with E-state index in [1.54, 1.807) is 20.8 Å². The maximum Gasteiger partial charge on any atom is 0.412 e. The number of alkyl halides is 3. The molecule has 1 atom stereocenters. The molecular weight excluding hydrogens is 301 g/mol. The molecule has 0 fully saturated rings. The molecule has 0 heterocycles. The van der Waals surface area contributed by atoms with Crippen LogP contribution in [0.4, 0.5) is 23.7 Å². The topological polar surface area (TPSA) is 73.6 Å². The molecule has 0 aliphatic rings. The first-order valence-electron chi connectivity index (χ1n) is 6.44. The Labute approximate surface area is 126 Å². The predicted molar refractivity (Wildman–Crippen MR) is 75.8 cm³/mol. The number of carbonyl (C=O) groups excluding carboxylic acids is 1. The van der Waals surface area contributed by atoms with Crippen molar-refractivity contribution >= 4 is 11.8 Å². The van der Waals surface area contributed by atoms with Gasteiger partial charge in [0.2, 0.25) is 0 Å². The van der Waals surface area contributed by atoms with Gasteiger partial charge in [-0.1, -0.05) is 6.07 Å². The van der Waals surface area contributed by atoms with Crippen LogP contribution in [0, 0.1) is 0 Å². The zero-order valence-electron chi connectivity index (χ0n) is 12.7. The van der Waals surface area contributed by atoms with Gasteiger partial charge in [-0.3, -0.25) is 5.32 Å². The van der Waals surface area contributed by atoms with Gasteiger partial charge in [0, 0.05) is 0 Å². The lowest BCUT2D eigenvalue weighted by Crippen LogP contribution is -2.29. The van der Waals surface area contributed by atoms with Gasteiger partial charge >= 0.3 is 12.3 Å². The summed E-state index contributed by atoms with van der Waals surface area (Å²) in [6.45, 7) is 5.07. The van der Waals surface area contributed by atoms with Gasteiger partial charge in [0.1, 0.15) is 17.4 Å². The summed E-state index contributed by atoms with van der Waals surface area (Å²) < 4.78 is 47.9. The third kappa shape index (κ3) is 5.10. The molecule has 22 heavy (non-hydrogen) atoms. The monoisotopic (exact) mass is 320 g/mol. The number of benzene rings is 1. The van der Waals surface area contributed by atoms with Gasteiger partial charge < -0.3 is 15.2 Å². The van der Waals surface area contributed by atoms with Crippen LogP contribution < -0.4 is 15.8 Å². The van der Waals surface area contributed by atoms with Gasteiger partial charge in [-0.15, -0.1) is 0 Å². The number of carbonyl (C=O) groups is 1. The molecule has 0 saturated heterocycles. The van der Waals surface area contributed by atoms with E-state index in [-0.39, 0.29) is 17.0 Å². The molecule has 8 heteroatoms. The van der Waals surface area contributed by atoms with Crippen molar-refractivity contribution < 1.29 is 27.4 Å². The predicted octanol–water partition coefficient (Wildman–Crippen LogP) is 3.60. The van der Waals surface area contributed by atoms with E-state index in [0.717, 1.165) is 6.07 Å². The summed E-state index contributed by atoms with van der Waals surface area (Å²) in [7, 11) is 1.28. The quantitative estimate of drug-likeness (QED) is 0.892. The summed E-state index contributed by atoms with van der Waals surface area (Å²) in [6.07, 6.45) is -5.30. The molecule has 3 N–H and O–H groups in total. The van der Waals surface area contributed by atoms with E-state index in [1.165, 1.54) is 19.2 Å². The molecule has 1 unspecified atom stereocenters. The summed E-state index contributed by atoms with van der Waals surface area (Å²) in [4.78, 5) is 11.7. The molecule has 5 nitrogen and oxygen atoms in total. The number of hydrogen-bond donors (Lipinski definition) is 2. The van der Waals surface area contributed by atoms with Gasteiger partial charge in [0.15, 0.2) is 0 Å². The van der Waals surface area contributed by atoms with E-state index in [9.17, 15) is 18.0 Å². The average molecular weight is 320 g/mol. The van der Waals surface area contributed by atoms with Crippen LogP contribution in [0.1, 0.15) is 32.4 Å². The highest BCUT2D eigenvalue weighted by atomic mass is 19.4. The van der Waals surface area contributed by atoms with E-state index in [2.05, 4.69) is 5.32 Å². The Balaban J connectivity index is 2.97. The number of hydrogen-bond acceptors (Lipinski definition) is 4. The molecule has 0 radical (unpaired) electrons. The largest absolute Gasteiger partial charge is 0.495 e. The van der Waals surface area contributed by atoms with Crippen LogP contribution in [0.2, 0.25) is 0 Å². The summed E-state index contributed by atoms with van der Waals surface area (Å²) in [5.41, 5.74) is 4.46. The lowest BCUT2D eigenvalue weighted by Gasteiger charge is -2.21. The van der Waals surface area contributed by atoms with Crippen molar-refractivity contribution in [2.75, 3.05) is 12.4 Å². The van der Waals surface area contributed by atoms with Gasteiger partial charge in [-0.2, -0.15) is 13.2 Å². The van der Waals surface area contributed by atoms with Gasteiger partial charge in [-0.25, -0.2) is 4.79 Å². The first-order valence-corrected chi connectivity index (χ1v) is 6.44. The number of nitrogens with two attached hydrogens (primary N) is 1. The highest BCUT2D eigenvalue weighted by Crippen LogP contribution is 2.34. The van der Waals surface area contributed by atoms with Gasteiger partial charge in [0.05, 0.1) is 12.8 Å². The minimum atomic E-state index is -4.56. The second-order valence-corrected chi connectivity index (χ2v) is 5.61. The van der Waals surface area contributed by atoms with E-state index < -0.39 is 23.9 Å². The van der Waals surface area contributed by atoms with Crippen molar-refractivity contribution in [3.8, 4) is 5.75 Å². The second-order valence-electron chi connectivity index (χ2n) is 5.61. The van der Waals surface area contributed by atoms with Crippen molar-refractivity contribution in [2.45, 2.75) is 38.6 Å². The maximum absolute atomic E-state index is 12.6. The number of rotatable bonds is 3. The molecule has 124 valence electrons. The zero-order valence-corrected chi connectivity index (χ0v) is 12.7. The fourth-order valence-electron chi connectivity index (χ4n) is 1.61. The lowest BCUT2D eigenvalue weighted by atomic mass is 10.1. The molecular formula is C14H19F3N2O3. The molecule has 1 aromatic carbocycles. The van der Waals surface area contributed by atoms with Gasteiger partial charge in [-0.05, 0) is 38.5 Å². The number of halogens is 3. The van der Waals surface area contributed by atoms with Crippen molar-refractivity contribution in [3.05, 3.63) is 23.8 Å². The minimum Gasteiger partial charge on any atom is -0.495 e. The molecule has 0 aromatic heterocycles. The summed E-state index contributed by atoms with van der Waals surface area (Å²) in [6, 6.07) is 1.46. The third-order valence-electron chi connectivity index (χ3n) is 2.57. The van der Waals surface area contributed by atoms with Gasteiger partial charge in [0.25, 0.3) is 0 Å². The van der Waals surface area contributed by atoms with Crippen LogP contribution in [0.25, 0.3) is 0 Å².